The summed E-state index contributed by atoms with van der Waals surface area (Å²) in [4.78, 5) is 0. The highest BCUT2D eigenvalue weighted by molar-refractivity contribution is 5.85. The van der Waals surface area contributed by atoms with Crippen LogP contribution >= 0.6 is 0 Å². The molecular weight excluding hydrogens is 276 g/mol. The van der Waals surface area contributed by atoms with Crippen LogP contribution in [-0.2, 0) is 6.54 Å². The molecule has 0 aliphatic heterocycles. The van der Waals surface area contributed by atoms with Crippen molar-refractivity contribution in [1.29, 1.82) is 0 Å². The molecule has 0 saturated carbocycles. The van der Waals surface area contributed by atoms with E-state index in [1.54, 1.807) is 0 Å². The first kappa shape index (κ1) is 17.0. The van der Waals surface area contributed by atoms with E-state index in [0.717, 1.165) is 6.42 Å². The Bertz CT molecular complexity index is 630. The summed E-state index contributed by atoms with van der Waals surface area (Å²) in [6, 6.07) is 6.66. The van der Waals surface area contributed by atoms with Gasteiger partial charge in [-0.25, -0.2) is 0 Å². The molecule has 0 saturated heterocycles. The van der Waals surface area contributed by atoms with Gasteiger partial charge in [0.15, 0.2) is 0 Å². The lowest BCUT2D eigenvalue weighted by Crippen LogP contribution is -2.92. The zero-order valence-electron chi connectivity index (χ0n) is 14.1. The Morgan fingerprint density at radius 3 is 2.59 bits per heavy atom. The third-order valence-electron chi connectivity index (χ3n) is 4.69. The molecule has 2 aromatic rings. The minimum Gasteiger partial charge on any atom is -0.390 e. The van der Waals surface area contributed by atoms with Gasteiger partial charge >= 0.3 is 0 Å². The van der Waals surface area contributed by atoms with Crippen molar-refractivity contribution in [3.05, 3.63) is 35.0 Å². The fourth-order valence-electron chi connectivity index (χ4n) is 3.00. The van der Waals surface area contributed by atoms with Crippen molar-refractivity contribution in [3.8, 4) is 0 Å². The van der Waals surface area contributed by atoms with Gasteiger partial charge in [0.25, 0.3) is 0 Å². The molecule has 1 aromatic carbocycles. The average molecular weight is 305 g/mol. The van der Waals surface area contributed by atoms with Crippen LogP contribution in [0.4, 0.5) is 0 Å². The zero-order valence-corrected chi connectivity index (χ0v) is 14.1. The maximum atomic E-state index is 10.4. The van der Waals surface area contributed by atoms with Gasteiger partial charge in [-0.2, -0.15) is 0 Å². The Kier molecular flexibility index (Phi) is 5.62. The molecule has 0 aliphatic rings. The van der Waals surface area contributed by atoms with Crippen molar-refractivity contribution in [2.24, 2.45) is 0 Å². The Balaban J connectivity index is 2.16. The number of benzene rings is 1. The average Bonchev–Trinajstić information content (AvgIpc) is 2.73. The Morgan fingerprint density at radius 2 is 1.95 bits per heavy atom. The monoisotopic (exact) mass is 305 g/mol. The van der Waals surface area contributed by atoms with Crippen LogP contribution in [0.3, 0.4) is 0 Å². The molecule has 0 unspecified atom stereocenters. The van der Waals surface area contributed by atoms with Crippen molar-refractivity contribution >= 4 is 10.9 Å². The van der Waals surface area contributed by atoms with E-state index < -0.39 is 6.10 Å². The number of rotatable bonds is 7. The fourth-order valence-corrected chi connectivity index (χ4v) is 3.00. The van der Waals surface area contributed by atoms with Gasteiger partial charge in [-0.05, 0) is 44.9 Å². The molecule has 0 radical (unpaired) electrons. The molecule has 1 heterocycles. The highest BCUT2D eigenvalue weighted by Gasteiger charge is 2.16. The number of hydrogen-bond acceptors (Lipinski definition) is 2. The van der Waals surface area contributed by atoms with E-state index in [-0.39, 0.29) is 12.6 Å². The second-order valence-corrected chi connectivity index (χ2v) is 6.32. The second kappa shape index (κ2) is 7.27. The summed E-state index contributed by atoms with van der Waals surface area (Å²) in [6.45, 7) is 9.79. The number of aryl methyl sites for hydroxylation is 2. The first-order valence-corrected chi connectivity index (χ1v) is 8.16. The Morgan fingerprint density at radius 1 is 1.23 bits per heavy atom. The highest BCUT2D eigenvalue weighted by atomic mass is 16.3. The lowest BCUT2D eigenvalue weighted by Gasteiger charge is -2.16. The second-order valence-electron chi connectivity index (χ2n) is 6.32. The quantitative estimate of drug-likeness (QED) is 0.721. The molecule has 4 nitrogen and oxygen atoms in total. The first-order valence-electron chi connectivity index (χ1n) is 8.16. The molecule has 1 aromatic heterocycles. The summed E-state index contributed by atoms with van der Waals surface area (Å²) in [5.74, 6) is 0. The fraction of sp³-hybridized carbons (Fsp3) is 0.556. The third-order valence-corrected chi connectivity index (χ3v) is 4.69. The number of hydrogen-bond donors (Lipinski definition) is 3. The Labute approximate surface area is 132 Å². The number of fused-ring (bicyclic) bond motifs is 1. The molecule has 0 bridgehead atoms. The summed E-state index contributed by atoms with van der Waals surface area (Å²) < 4.78 is 2.21. The van der Waals surface area contributed by atoms with Crippen LogP contribution in [0.5, 0.6) is 0 Å². The van der Waals surface area contributed by atoms with Gasteiger partial charge < -0.3 is 20.1 Å². The van der Waals surface area contributed by atoms with Gasteiger partial charge in [0, 0.05) is 16.6 Å². The van der Waals surface area contributed by atoms with Gasteiger partial charge in [-0.1, -0.05) is 18.6 Å². The summed E-state index contributed by atoms with van der Waals surface area (Å²) >= 11 is 0. The summed E-state index contributed by atoms with van der Waals surface area (Å²) in [7, 11) is 0. The van der Waals surface area contributed by atoms with E-state index in [4.69, 9.17) is 0 Å². The van der Waals surface area contributed by atoms with Crippen molar-refractivity contribution in [2.75, 3.05) is 13.2 Å². The largest absolute Gasteiger partial charge is 0.390 e. The number of aliphatic hydroxyl groups excluding tert-OH is 2. The van der Waals surface area contributed by atoms with Gasteiger partial charge in [-0.3, -0.25) is 0 Å². The van der Waals surface area contributed by atoms with E-state index >= 15 is 0 Å². The van der Waals surface area contributed by atoms with Crippen molar-refractivity contribution < 1.29 is 15.5 Å². The normalized spacial score (nSPS) is 14.5. The van der Waals surface area contributed by atoms with Crippen molar-refractivity contribution in [3.63, 3.8) is 0 Å². The van der Waals surface area contributed by atoms with Gasteiger partial charge in [0.1, 0.15) is 18.7 Å². The molecule has 0 aliphatic carbocycles. The van der Waals surface area contributed by atoms with Crippen molar-refractivity contribution in [1.82, 2.24) is 4.57 Å². The van der Waals surface area contributed by atoms with E-state index in [1.807, 2.05) is 5.32 Å². The topological polar surface area (TPSA) is 62.0 Å². The van der Waals surface area contributed by atoms with E-state index in [1.165, 1.54) is 27.7 Å². The van der Waals surface area contributed by atoms with E-state index in [0.29, 0.717) is 13.1 Å². The van der Waals surface area contributed by atoms with Crippen molar-refractivity contribution in [2.45, 2.75) is 52.8 Å². The SMILES string of the molecule is CC[C@@H](CO)[NH2+]C[C@H](O)Cn1c(C)c(C)c2cc(C)ccc21. The van der Waals surface area contributed by atoms with E-state index in [9.17, 15) is 10.2 Å². The van der Waals surface area contributed by atoms with Crippen LogP contribution < -0.4 is 5.32 Å². The number of nitrogens with two attached hydrogens (primary N) is 1. The predicted molar refractivity (Wildman–Crippen MR) is 90.1 cm³/mol. The van der Waals surface area contributed by atoms with Gasteiger partial charge in [-0.15, -0.1) is 0 Å². The molecule has 4 heteroatoms. The van der Waals surface area contributed by atoms with Crippen LogP contribution in [-0.4, -0.2) is 40.1 Å². The maximum Gasteiger partial charge on any atom is 0.121 e. The highest BCUT2D eigenvalue weighted by Crippen LogP contribution is 2.26. The molecule has 0 fully saturated rings. The standard InChI is InChI=1S/C18H28N2O2/c1-5-15(11-21)19-9-16(22)10-20-14(4)13(3)17-8-12(2)6-7-18(17)20/h6-8,15-16,19,21-22H,5,9-11H2,1-4H3/p+1/t15-,16-/m0/s1. The zero-order chi connectivity index (χ0) is 16.3. The molecule has 2 atom stereocenters. The molecule has 22 heavy (non-hydrogen) atoms. The maximum absolute atomic E-state index is 10.4. The number of quaternary nitrogens is 1. The molecule has 0 spiro atoms. The van der Waals surface area contributed by atoms with Crippen LogP contribution in [0.2, 0.25) is 0 Å². The first-order chi connectivity index (χ1) is 10.5. The lowest BCUT2D eigenvalue weighted by atomic mass is 10.1. The summed E-state index contributed by atoms with van der Waals surface area (Å²) in [5.41, 5.74) is 4.95. The molecule has 4 N–H and O–H groups in total. The van der Waals surface area contributed by atoms with Gasteiger partial charge in [0.2, 0.25) is 0 Å². The molecule has 122 valence electrons. The number of aliphatic hydroxyl groups is 2. The van der Waals surface area contributed by atoms with Crippen LogP contribution in [0.15, 0.2) is 18.2 Å². The lowest BCUT2D eigenvalue weighted by molar-refractivity contribution is -0.696. The predicted octanol–water partition coefficient (Wildman–Crippen LogP) is 1.26. The molecular formula is C18H29N2O2+. The summed E-state index contributed by atoms with van der Waals surface area (Å²) in [5, 5.41) is 22.9. The minimum absolute atomic E-state index is 0.160. The number of nitrogens with zero attached hydrogens (tertiary/aromatic N) is 1. The molecule has 2 rings (SSSR count). The van der Waals surface area contributed by atoms with Gasteiger partial charge in [0.05, 0.1) is 13.2 Å². The van der Waals surface area contributed by atoms with Crippen LogP contribution in [0.1, 0.15) is 30.2 Å². The number of aromatic nitrogens is 1. The van der Waals surface area contributed by atoms with Crippen LogP contribution in [0, 0.1) is 20.8 Å². The molecule has 0 amide bonds. The van der Waals surface area contributed by atoms with Crippen LogP contribution in [0.25, 0.3) is 10.9 Å². The third kappa shape index (κ3) is 3.51. The van der Waals surface area contributed by atoms with E-state index in [2.05, 4.69) is 50.5 Å². The Hall–Kier alpha value is -1.36. The smallest absolute Gasteiger partial charge is 0.121 e. The summed E-state index contributed by atoms with van der Waals surface area (Å²) in [6.07, 6.45) is 0.489. The minimum atomic E-state index is -0.421.